The molecule has 1 N–H and O–H groups in total. The maximum atomic E-state index is 6.09. The molecular weight excluding hydrogens is 334 g/mol. The highest BCUT2D eigenvalue weighted by molar-refractivity contribution is 9.10. The number of halogens is 2. The maximum Gasteiger partial charge on any atom is 0.137 e. The molecule has 0 fully saturated rings. The first kappa shape index (κ1) is 13.8. The minimum absolute atomic E-state index is 0.525. The van der Waals surface area contributed by atoms with Crippen LogP contribution < -0.4 is 5.32 Å². The molecule has 2 aromatic rings. The highest BCUT2D eigenvalue weighted by Crippen LogP contribution is 2.23. The molecule has 0 saturated carbocycles. The zero-order chi connectivity index (χ0) is 13.1. The Morgan fingerprint density at radius 1 is 1.44 bits per heavy atom. The van der Waals surface area contributed by atoms with Crippen LogP contribution in [-0.2, 0) is 13.0 Å². The zero-order valence-electron chi connectivity index (χ0n) is 10.1. The van der Waals surface area contributed by atoms with Gasteiger partial charge in [0.1, 0.15) is 16.8 Å². The van der Waals surface area contributed by atoms with Crippen molar-refractivity contribution in [3.63, 3.8) is 0 Å². The zero-order valence-corrected chi connectivity index (χ0v) is 13.3. The van der Waals surface area contributed by atoms with Crippen molar-refractivity contribution in [1.29, 1.82) is 0 Å². The number of nitrogens with zero attached hydrogens (tertiary/aromatic N) is 2. The average Bonchev–Trinajstić information content (AvgIpc) is 2.77. The average molecular weight is 347 g/mol. The van der Waals surface area contributed by atoms with Crippen molar-refractivity contribution >= 4 is 44.7 Å². The van der Waals surface area contributed by atoms with Crippen molar-refractivity contribution in [1.82, 2.24) is 9.97 Å². The number of hydrogen-bond donors (Lipinski definition) is 1. The summed E-state index contributed by atoms with van der Waals surface area (Å²) in [6.45, 7) is 4.68. The molecule has 0 aliphatic carbocycles. The lowest BCUT2D eigenvalue weighted by Crippen LogP contribution is -2.06. The van der Waals surface area contributed by atoms with Crippen LogP contribution in [-0.4, -0.2) is 9.97 Å². The van der Waals surface area contributed by atoms with E-state index in [0.717, 1.165) is 34.6 Å². The fourth-order valence-electron chi connectivity index (χ4n) is 1.48. The highest BCUT2D eigenvalue weighted by atomic mass is 79.9. The molecular formula is C12H13BrClN3S. The molecule has 0 aliphatic heterocycles. The molecule has 0 spiro atoms. The molecule has 2 rings (SSSR count). The third-order valence-corrected chi connectivity index (χ3v) is 4.57. The molecule has 0 saturated heterocycles. The largest absolute Gasteiger partial charge is 0.365 e. The molecule has 0 bridgehead atoms. The summed E-state index contributed by atoms with van der Waals surface area (Å²) in [5, 5.41) is 5.90. The summed E-state index contributed by atoms with van der Waals surface area (Å²) >= 11 is 11.2. The number of anilines is 1. The van der Waals surface area contributed by atoms with Crippen molar-refractivity contribution in [2.45, 2.75) is 26.8 Å². The van der Waals surface area contributed by atoms with Gasteiger partial charge in [-0.15, -0.1) is 11.3 Å². The number of aryl methyl sites for hydroxylation is 1. The van der Waals surface area contributed by atoms with E-state index in [1.807, 2.05) is 13.8 Å². The van der Waals surface area contributed by atoms with Crippen molar-refractivity contribution in [2.24, 2.45) is 0 Å². The lowest BCUT2D eigenvalue weighted by Gasteiger charge is -2.10. The standard InChI is InChI=1S/C12H13BrClN3S/c1-3-10-16-11(14)7(2)12(17-10)15-5-9-4-8(13)6-18-9/h4,6H,3,5H2,1-2H3,(H,15,16,17). The smallest absolute Gasteiger partial charge is 0.137 e. The molecule has 2 aromatic heterocycles. The normalized spacial score (nSPS) is 10.7. The number of nitrogens with one attached hydrogen (secondary N) is 1. The van der Waals surface area contributed by atoms with E-state index >= 15 is 0 Å². The van der Waals surface area contributed by atoms with E-state index in [4.69, 9.17) is 11.6 Å². The van der Waals surface area contributed by atoms with Gasteiger partial charge in [-0.3, -0.25) is 0 Å². The predicted octanol–water partition coefficient (Wildman–Crippen LogP) is 4.44. The van der Waals surface area contributed by atoms with E-state index in [-0.39, 0.29) is 0 Å². The molecule has 0 aliphatic rings. The second-order valence-corrected chi connectivity index (χ2v) is 6.11. The summed E-state index contributed by atoms with van der Waals surface area (Å²) in [5.41, 5.74) is 0.893. The van der Waals surface area contributed by atoms with Gasteiger partial charge in [0.25, 0.3) is 0 Å². The van der Waals surface area contributed by atoms with Gasteiger partial charge in [-0.25, -0.2) is 9.97 Å². The van der Waals surface area contributed by atoms with Crippen LogP contribution in [0.4, 0.5) is 5.82 Å². The van der Waals surface area contributed by atoms with Crippen molar-refractivity contribution in [3.05, 3.63) is 37.3 Å². The number of thiophene rings is 1. The Bertz CT molecular complexity index is 556. The van der Waals surface area contributed by atoms with Gasteiger partial charge in [0, 0.05) is 26.7 Å². The van der Waals surface area contributed by atoms with Gasteiger partial charge in [-0.1, -0.05) is 18.5 Å². The van der Waals surface area contributed by atoms with Gasteiger partial charge < -0.3 is 5.32 Å². The van der Waals surface area contributed by atoms with E-state index in [9.17, 15) is 0 Å². The number of aromatic nitrogens is 2. The monoisotopic (exact) mass is 345 g/mol. The molecule has 0 aromatic carbocycles. The third-order valence-electron chi connectivity index (χ3n) is 2.50. The Hall–Kier alpha value is -0.650. The maximum absolute atomic E-state index is 6.09. The number of hydrogen-bond acceptors (Lipinski definition) is 4. The van der Waals surface area contributed by atoms with E-state index in [0.29, 0.717) is 5.15 Å². The van der Waals surface area contributed by atoms with Crippen LogP contribution >= 0.6 is 38.9 Å². The van der Waals surface area contributed by atoms with E-state index in [2.05, 4.69) is 42.7 Å². The highest BCUT2D eigenvalue weighted by Gasteiger charge is 2.08. The number of rotatable bonds is 4. The summed E-state index contributed by atoms with van der Waals surface area (Å²) in [5.74, 6) is 1.58. The lowest BCUT2D eigenvalue weighted by atomic mass is 10.3. The fourth-order valence-corrected chi connectivity index (χ4v) is 3.06. The van der Waals surface area contributed by atoms with Gasteiger partial charge in [0.15, 0.2) is 0 Å². The quantitative estimate of drug-likeness (QED) is 0.832. The second-order valence-electron chi connectivity index (χ2n) is 3.84. The first-order valence-corrected chi connectivity index (χ1v) is 7.65. The molecule has 6 heteroatoms. The molecule has 0 atom stereocenters. The molecule has 18 heavy (non-hydrogen) atoms. The van der Waals surface area contributed by atoms with Crippen LogP contribution in [0.3, 0.4) is 0 Å². The summed E-state index contributed by atoms with van der Waals surface area (Å²) in [6.07, 6.45) is 0.777. The molecule has 0 unspecified atom stereocenters. The minimum atomic E-state index is 0.525. The predicted molar refractivity (Wildman–Crippen MR) is 80.5 cm³/mol. The Morgan fingerprint density at radius 2 is 2.22 bits per heavy atom. The van der Waals surface area contributed by atoms with Crippen LogP contribution in [0.2, 0.25) is 5.15 Å². The van der Waals surface area contributed by atoms with Gasteiger partial charge in [0.2, 0.25) is 0 Å². The summed E-state index contributed by atoms with van der Waals surface area (Å²) < 4.78 is 1.11. The molecule has 0 amide bonds. The van der Waals surface area contributed by atoms with E-state index < -0.39 is 0 Å². The molecule has 2 heterocycles. The van der Waals surface area contributed by atoms with Crippen LogP contribution in [0.25, 0.3) is 0 Å². The Kier molecular flexibility index (Phi) is 4.59. The Morgan fingerprint density at radius 3 is 2.83 bits per heavy atom. The van der Waals surface area contributed by atoms with E-state index in [1.165, 1.54) is 4.88 Å². The van der Waals surface area contributed by atoms with Gasteiger partial charge in [-0.2, -0.15) is 0 Å². The SMILES string of the molecule is CCc1nc(Cl)c(C)c(NCc2cc(Br)cs2)n1. The summed E-state index contributed by atoms with van der Waals surface area (Å²) in [6, 6.07) is 2.09. The first-order chi connectivity index (χ1) is 8.60. The molecule has 96 valence electrons. The van der Waals surface area contributed by atoms with Crippen molar-refractivity contribution in [3.8, 4) is 0 Å². The second kappa shape index (κ2) is 5.99. The van der Waals surface area contributed by atoms with Gasteiger partial charge in [-0.05, 0) is 28.9 Å². The van der Waals surface area contributed by atoms with Crippen molar-refractivity contribution in [2.75, 3.05) is 5.32 Å². The third kappa shape index (κ3) is 3.22. The minimum Gasteiger partial charge on any atom is -0.365 e. The van der Waals surface area contributed by atoms with E-state index in [1.54, 1.807) is 11.3 Å². The lowest BCUT2D eigenvalue weighted by molar-refractivity contribution is 0.924. The summed E-state index contributed by atoms with van der Waals surface area (Å²) in [7, 11) is 0. The van der Waals surface area contributed by atoms with Crippen LogP contribution in [0.15, 0.2) is 15.9 Å². The molecule has 3 nitrogen and oxygen atoms in total. The van der Waals surface area contributed by atoms with Crippen LogP contribution in [0.1, 0.15) is 23.2 Å². The molecule has 0 radical (unpaired) electrons. The topological polar surface area (TPSA) is 37.8 Å². The fraction of sp³-hybridized carbons (Fsp3) is 0.333. The van der Waals surface area contributed by atoms with Gasteiger partial charge >= 0.3 is 0 Å². The first-order valence-electron chi connectivity index (χ1n) is 5.60. The Balaban J connectivity index is 2.15. The Labute approximate surface area is 124 Å². The van der Waals surface area contributed by atoms with Crippen molar-refractivity contribution < 1.29 is 0 Å². The van der Waals surface area contributed by atoms with Crippen LogP contribution in [0.5, 0.6) is 0 Å². The van der Waals surface area contributed by atoms with Gasteiger partial charge in [0.05, 0.1) is 6.54 Å². The van der Waals surface area contributed by atoms with Crippen LogP contribution in [0, 0.1) is 6.92 Å². The summed E-state index contributed by atoms with van der Waals surface area (Å²) in [4.78, 5) is 9.92.